The van der Waals surface area contributed by atoms with Crippen LogP contribution in [0.5, 0.6) is 0 Å². The average Bonchev–Trinajstić information content (AvgIpc) is 2.91. The number of furan rings is 1. The van der Waals surface area contributed by atoms with Gasteiger partial charge in [0, 0.05) is 0 Å². The van der Waals surface area contributed by atoms with Crippen LogP contribution in [0.1, 0.15) is 18.7 Å². The molecular formula is C12H13N3O5S. The van der Waals surface area contributed by atoms with Gasteiger partial charge in [0.1, 0.15) is 11.4 Å². The van der Waals surface area contributed by atoms with Gasteiger partial charge in [-0.1, -0.05) is 6.07 Å². The van der Waals surface area contributed by atoms with Crippen molar-refractivity contribution in [1.29, 1.82) is 0 Å². The average molecular weight is 311 g/mol. The fraction of sp³-hybridized carbons (Fsp3) is 0.167. The Balaban J connectivity index is 2.47. The van der Waals surface area contributed by atoms with E-state index < -0.39 is 25.5 Å². The Kier molecular flexibility index (Phi) is 3.96. The van der Waals surface area contributed by atoms with E-state index >= 15 is 0 Å². The van der Waals surface area contributed by atoms with Crippen LogP contribution in [0.25, 0.3) is 0 Å². The molecule has 0 spiro atoms. The molecule has 0 bridgehead atoms. The number of nitrogens with one attached hydrogen (secondary N) is 1. The van der Waals surface area contributed by atoms with Gasteiger partial charge in [0.2, 0.25) is 10.0 Å². The van der Waals surface area contributed by atoms with Gasteiger partial charge >= 0.3 is 5.69 Å². The highest BCUT2D eigenvalue weighted by Gasteiger charge is 2.27. The number of benzene rings is 1. The molecule has 8 nitrogen and oxygen atoms in total. The summed E-state index contributed by atoms with van der Waals surface area (Å²) < 4.78 is 28.1. The molecule has 0 radical (unpaired) electrons. The van der Waals surface area contributed by atoms with E-state index in [1.807, 2.05) is 0 Å². The number of nitrogens with two attached hydrogens (primary N) is 1. The van der Waals surface area contributed by atoms with E-state index in [-0.39, 0.29) is 11.7 Å². The van der Waals surface area contributed by atoms with E-state index in [2.05, 4.69) is 5.32 Å². The summed E-state index contributed by atoms with van der Waals surface area (Å²) in [5, 5.41) is 19.0. The lowest BCUT2D eigenvalue weighted by Gasteiger charge is -2.14. The summed E-state index contributed by atoms with van der Waals surface area (Å²) in [6.45, 7) is 1.73. The predicted octanol–water partition coefficient (Wildman–Crippen LogP) is 2.01. The number of rotatable bonds is 5. The molecule has 112 valence electrons. The molecule has 0 unspecified atom stereocenters. The maximum absolute atomic E-state index is 11.5. The van der Waals surface area contributed by atoms with Gasteiger partial charge in [-0.2, -0.15) is 0 Å². The fourth-order valence-corrected chi connectivity index (χ4v) is 2.62. The van der Waals surface area contributed by atoms with Crippen molar-refractivity contribution in [2.75, 3.05) is 5.32 Å². The van der Waals surface area contributed by atoms with Crippen LogP contribution >= 0.6 is 0 Å². The zero-order chi connectivity index (χ0) is 15.6. The summed E-state index contributed by atoms with van der Waals surface area (Å²) in [5.74, 6) is 0.560. The summed E-state index contributed by atoms with van der Waals surface area (Å²) in [5.41, 5.74) is -0.533. The second-order valence-corrected chi connectivity index (χ2v) is 5.87. The van der Waals surface area contributed by atoms with E-state index in [1.165, 1.54) is 18.4 Å². The number of nitrogens with zero attached hydrogens (tertiary/aromatic N) is 1. The van der Waals surface area contributed by atoms with Crippen molar-refractivity contribution in [3.63, 3.8) is 0 Å². The van der Waals surface area contributed by atoms with Crippen molar-refractivity contribution in [3.8, 4) is 0 Å². The number of hydrogen-bond acceptors (Lipinski definition) is 6. The largest absolute Gasteiger partial charge is 0.467 e. The van der Waals surface area contributed by atoms with Gasteiger partial charge in [-0.15, -0.1) is 0 Å². The first kappa shape index (κ1) is 15.0. The third-order valence-electron chi connectivity index (χ3n) is 2.83. The smallest absolute Gasteiger partial charge is 0.312 e. The van der Waals surface area contributed by atoms with Gasteiger partial charge in [-0.25, -0.2) is 13.6 Å². The molecule has 21 heavy (non-hydrogen) atoms. The molecule has 1 atom stereocenters. The quantitative estimate of drug-likeness (QED) is 0.642. The van der Waals surface area contributed by atoms with Crippen LogP contribution in [-0.4, -0.2) is 13.3 Å². The third-order valence-corrected chi connectivity index (χ3v) is 3.77. The SMILES string of the molecule is C[C@H](Nc1cccc(S(N)(=O)=O)c1[N+](=O)[O-])c1ccco1. The highest BCUT2D eigenvalue weighted by atomic mass is 32.2. The van der Waals surface area contributed by atoms with Crippen LogP contribution in [-0.2, 0) is 10.0 Å². The summed E-state index contributed by atoms with van der Waals surface area (Å²) in [6, 6.07) is 6.89. The summed E-state index contributed by atoms with van der Waals surface area (Å²) in [6.07, 6.45) is 1.47. The van der Waals surface area contributed by atoms with Gasteiger partial charge in [0.05, 0.1) is 17.2 Å². The van der Waals surface area contributed by atoms with Crippen LogP contribution in [0.2, 0.25) is 0 Å². The van der Waals surface area contributed by atoms with E-state index in [0.717, 1.165) is 6.07 Å². The van der Waals surface area contributed by atoms with E-state index in [1.54, 1.807) is 19.1 Å². The Bertz CT molecular complexity index is 755. The Hall–Kier alpha value is -2.39. The monoisotopic (exact) mass is 311 g/mol. The number of primary sulfonamides is 1. The van der Waals surface area contributed by atoms with Gasteiger partial charge in [-0.05, 0) is 31.2 Å². The minimum absolute atomic E-state index is 0.0513. The first-order chi connectivity index (χ1) is 9.80. The lowest BCUT2D eigenvalue weighted by atomic mass is 10.2. The van der Waals surface area contributed by atoms with Crippen molar-refractivity contribution in [2.24, 2.45) is 5.14 Å². The number of anilines is 1. The van der Waals surface area contributed by atoms with Crippen molar-refractivity contribution in [3.05, 3.63) is 52.5 Å². The Morgan fingerprint density at radius 1 is 1.33 bits per heavy atom. The number of para-hydroxylation sites is 1. The van der Waals surface area contributed by atoms with E-state index in [9.17, 15) is 18.5 Å². The lowest BCUT2D eigenvalue weighted by Crippen LogP contribution is -2.16. The number of nitro benzene ring substituents is 1. The van der Waals surface area contributed by atoms with Crippen LogP contribution in [0.4, 0.5) is 11.4 Å². The molecule has 0 amide bonds. The van der Waals surface area contributed by atoms with E-state index in [0.29, 0.717) is 5.76 Å². The minimum Gasteiger partial charge on any atom is -0.467 e. The fourth-order valence-electron chi connectivity index (χ4n) is 1.90. The van der Waals surface area contributed by atoms with Crippen molar-refractivity contribution in [2.45, 2.75) is 17.9 Å². The molecule has 0 aliphatic rings. The summed E-state index contributed by atoms with van der Waals surface area (Å²) in [7, 11) is -4.20. The van der Waals surface area contributed by atoms with Crippen molar-refractivity contribution < 1.29 is 17.8 Å². The normalized spacial score (nSPS) is 12.9. The van der Waals surface area contributed by atoms with Crippen LogP contribution in [0.15, 0.2) is 45.9 Å². The van der Waals surface area contributed by atoms with Crippen LogP contribution in [0.3, 0.4) is 0 Å². The maximum Gasteiger partial charge on any atom is 0.312 e. The van der Waals surface area contributed by atoms with Gasteiger partial charge in [0.25, 0.3) is 0 Å². The second kappa shape index (κ2) is 5.54. The summed E-state index contributed by atoms with van der Waals surface area (Å²) in [4.78, 5) is 9.86. The van der Waals surface area contributed by atoms with Gasteiger partial charge in [0.15, 0.2) is 4.90 Å². The Labute approximate surface area is 120 Å². The predicted molar refractivity (Wildman–Crippen MR) is 75.2 cm³/mol. The molecule has 1 aromatic heterocycles. The molecule has 1 heterocycles. The van der Waals surface area contributed by atoms with Gasteiger partial charge < -0.3 is 9.73 Å². The minimum atomic E-state index is -4.20. The molecule has 3 N–H and O–H groups in total. The lowest BCUT2D eigenvalue weighted by molar-refractivity contribution is -0.386. The number of sulfonamides is 1. The van der Waals surface area contributed by atoms with Gasteiger partial charge in [-0.3, -0.25) is 10.1 Å². The topological polar surface area (TPSA) is 128 Å². The van der Waals surface area contributed by atoms with Crippen molar-refractivity contribution >= 4 is 21.4 Å². The Morgan fingerprint density at radius 2 is 2.05 bits per heavy atom. The highest BCUT2D eigenvalue weighted by molar-refractivity contribution is 7.89. The number of hydrogen-bond donors (Lipinski definition) is 2. The maximum atomic E-state index is 11.5. The van der Waals surface area contributed by atoms with Crippen LogP contribution in [0, 0.1) is 10.1 Å². The molecule has 9 heteroatoms. The zero-order valence-electron chi connectivity index (χ0n) is 11.0. The molecule has 0 fully saturated rings. The van der Waals surface area contributed by atoms with Crippen LogP contribution < -0.4 is 10.5 Å². The second-order valence-electron chi connectivity index (χ2n) is 4.34. The standard InChI is InChI=1S/C12H13N3O5S/c1-8(10-5-3-7-20-10)14-9-4-2-6-11(21(13,18)19)12(9)15(16)17/h2-8,14H,1H3,(H2,13,18,19)/t8-/m0/s1. The van der Waals surface area contributed by atoms with Crippen molar-refractivity contribution in [1.82, 2.24) is 0 Å². The Morgan fingerprint density at radius 3 is 2.57 bits per heavy atom. The third kappa shape index (κ3) is 3.20. The molecule has 1 aromatic carbocycles. The molecule has 0 saturated heterocycles. The van der Waals surface area contributed by atoms with E-state index in [4.69, 9.17) is 9.56 Å². The molecule has 2 rings (SSSR count). The zero-order valence-corrected chi connectivity index (χ0v) is 11.8. The highest BCUT2D eigenvalue weighted by Crippen LogP contribution is 2.33. The molecular weight excluding hydrogens is 298 g/mol. The molecule has 0 aliphatic carbocycles. The number of nitro groups is 1. The molecule has 2 aromatic rings. The first-order valence-corrected chi connectivity index (χ1v) is 7.45. The molecule has 0 aliphatic heterocycles. The summed E-state index contributed by atoms with van der Waals surface area (Å²) >= 11 is 0. The molecule has 0 saturated carbocycles. The first-order valence-electron chi connectivity index (χ1n) is 5.91.